The van der Waals surface area contributed by atoms with E-state index in [0.717, 1.165) is 10.2 Å². The Labute approximate surface area is 129 Å². The van der Waals surface area contributed by atoms with Crippen molar-refractivity contribution in [2.45, 2.75) is 0 Å². The summed E-state index contributed by atoms with van der Waals surface area (Å²) >= 11 is 8.97. The summed E-state index contributed by atoms with van der Waals surface area (Å²) < 4.78 is 13.9. The molecule has 104 valence electrons. The fourth-order valence-electron chi connectivity index (χ4n) is 1.53. The van der Waals surface area contributed by atoms with Crippen LogP contribution in [-0.4, -0.2) is 12.5 Å². The molecule has 1 amide bonds. The van der Waals surface area contributed by atoms with Crippen LogP contribution < -0.4 is 10.6 Å². The van der Waals surface area contributed by atoms with Gasteiger partial charge in [-0.05, 0) is 42.5 Å². The molecule has 20 heavy (non-hydrogen) atoms. The van der Waals surface area contributed by atoms with Crippen LogP contribution in [0, 0.1) is 5.82 Å². The second-order valence-electron chi connectivity index (χ2n) is 4.04. The fourth-order valence-corrected chi connectivity index (χ4v) is 1.97. The van der Waals surface area contributed by atoms with E-state index in [0.29, 0.717) is 5.69 Å². The van der Waals surface area contributed by atoms with E-state index in [1.807, 2.05) is 24.3 Å². The summed E-state index contributed by atoms with van der Waals surface area (Å²) in [5, 5.41) is 5.58. The van der Waals surface area contributed by atoms with Gasteiger partial charge in [-0.3, -0.25) is 4.79 Å². The Morgan fingerprint density at radius 3 is 2.45 bits per heavy atom. The van der Waals surface area contributed by atoms with Crippen molar-refractivity contribution < 1.29 is 9.18 Å². The molecule has 6 heteroatoms. The monoisotopic (exact) mass is 356 g/mol. The van der Waals surface area contributed by atoms with Crippen molar-refractivity contribution in [3.63, 3.8) is 0 Å². The van der Waals surface area contributed by atoms with Gasteiger partial charge in [0, 0.05) is 15.8 Å². The highest BCUT2D eigenvalue weighted by atomic mass is 79.9. The van der Waals surface area contributed by atoms with Gasteiger partial charge in [0.1, 0.15) is 5.82 Å². The summed E-state index contributed by atoms with van der Waals surface area (Å²) in [6.45, 7) is 0.108. The Hall–Kier alpha value is -1.59. The van der Waals surface area contributed by atoms with Gasteiger partial charge in [-0.2, -0.15) is 0 Å². The van der Waals surface area contributed by atoms with Crippen LogP contribution in [0.4, 0.5) is 15.8 Å². The summed E-state index contributed by atoms with van der Waals surface area (Å²) in [5.41, 5.74) is 1.29. The van der Waals surface area contributed by atoms with Gasteiger partial charge in [-0.1, -0.05) is 27.5 Å². The van der Waals surface area contributed by atoms with Gasteiger partial charge in [-0.25, -0.2) is 4.39 Å². The van der Waals surface area contributed by atoms with E-state index < -0.39 is 5.82 Å². The van der Waals surface area contributed by atoms with Crippen molar-refractivity contribution >= 4 is 44.8 Å². The van der Waals surface area contributed by atoms with Crippen molar-refractivity contribution in [3.8, 4) is 0 Å². The quantitative estimate of drug-likeness (QED) is 0.857. The molecule has 0 atom stereocenters. The maximum atomic E-state index is 13.0. The van der Waals surface area contributed by atoms with E-state index in [1.54, 1.807) is 0 Å². The highest BCUT2D eigenvalue weighted by Crippen LogP contribution is 2.19. The lowest BCUT2D eigenvalue weighted by Crippen LogP contribution is -2.21. The number of halogens is 3. The molecule has 0 saturated carbocycles. The highest BCUT2D eigenvalue weighted by molar-refractivity contribution is 9.10. The molecule has 0 bridgehead atoms. The molecule has 0 spiro atoms. The van der Waals surface area contributed by atoms with Crippen molar-refractivity contribution in [2.75, 3.05) is 17.2 Å². The van der Waals surface area contributed by atoms with Crippen molar-refractivity contribution in [1.82, 2.24) is 0 Å². The summed E-state index contributed by atoms with van der Waals surface area (Å²) in [7, 11) is 0. The third-order valence-corrected chi connectivity index (χ3v) is 3.32. The van der Waals surface area contributed by atoms with E-state index in [1.165, 1.54) is 18.2 Å². The first-order chi connectivity index (χ1) is 9.54. The molecule has 0 unspecified atom stereocenters. The molecule has 2 N–H and O–H groups in total. The molecule has 0 aliphatic rings. The van der Waals surface area contributed by atoms with Crippen LogP contribution in [-0.2, 0) is 4.79 Å². The van der Waals surface area contributed by atoms with E-state index in [2.05, 4.69) is 26.6 Å². The molecule has 0 heterocycles. The summed E-state index contributed by atoms with van der Waals surface area (Å²) in [5.74, 6) is -0.756. The van der Waals surface area contributed by atoms with Gasteiger partial charge in [0.25, 0.3) is 0 Å². The summed E-state index contributed by atoms with van der Waals surface area (Å²) in [6.07, 6.45) is 0. The van der Waals surface area contributed by atoms with Gasteiger partial charge >= 0.3 is 0 Å². The summed E-state index contributed by atoms with van der Waals surface area (Å²) in [6, 6.07) is 11.5. The Morgan fingerprint density at radius 1 is 1.15 bits per heavy atom. The van der Waals surface area contributed by atoms with Crippen LogP contribution in [0.5, 0.6) is 0 Å². The Bertz CT molecular complexity index is 619. The number of rotatable bonds is 4. The molecular formula is C14H11BrClFN2O. The minimum atomic E-state index is -0.516. The van der Waals surface area contributed by atoms with Crippen LogP contribution in [0.15, 0.2) is 46.9 Å². The standard InChI is InChI=1S/C14H11BrClFN2O/c15-9-1-3-10(4-2-9)18-8-14(20)19-11-5-6-13(17)12(16)7-11/h1-7,18H,8H2,(H,19,20). The third-order valence-electron chi connectivity index (χ3n) is 2.50. The molecule has 0 saturated heterocycles. The zero-order valence-electron chi connectivity index (χ0n) is 10.3. The number of amides is 1. The van der Waals surface area contributed by atoms with Crippen LogP contribution in [0.1, 0.15) is 0 Å². The minimum Gasteiger partial charge on any atom is -0.376 e. The lowest BCUT2D eigenvalue weighted by atomic mass is 10.3. The molecular weight excluding hydrogens is 347 g/mol. The number of anilines is 2. The molecule has 3 nitrogen and oxygen atoms in total. The lowest BCUT2D eigenvalue weighted by Gasteiger charge is -2.08. The predicted octanol–water partition coefficient (Wildman–Crippen LogP) is 4.29. The van der Waals surface area contributed by atoms with Gasteiger partial charge in [0.15, 0.2) is 0 Å². The first-order valence-electron chi connectivity index (χ1n) is 5.79. The number of carbonyl (C=O) groups excluding carboxylic acids is 1. The average molecular weight is 358 g/mol. The first-order valence-corrected chi connectivity index (χ1v) is 6.96. The Morgan fingerprint density at radius 2 is 1.80 bits per heavy atom. The van der Waals surface area contributed by atoms with Crippen LogP contribution in [0.3, 0.4) is 0 Å². The Kier molecular flexibility index (Phi) is 4.98. The van der Waals surface area contributed by atoms with Crippen LogP contribution >= 0.6 is 27.5 Å². The van der Waals surface area contributed by atoms with E-state index in [9.17, 15) is 9.18 Å². The number of nitrogens with one attached hydrogen (secondary N) is 2. The maximum Gasteiger partial charge on any atom is 0.243 e. The van der Waals surface area contributed by atoms with Gasteiger partial charge in [0.05, 0.1) is 11.6 Å². The first kappa shape index (κ1) is 14.8. The van der Waals surface area contributed by atoms with E-state index in [-0.39, 0.29) is 17.5 Å². The van der Waals surface area contributed by atoms with Crippen LogP contribution in [0.2, 0.25) is 5.02 Å². The van der Waals surface area contributed by atoms with E-state index in [4.69, 9.17) is 11.6 Å². The second-order valence-corrected chi connectivity index (χ2v) is 5.36. The number of hydrogen-bond donors (Lipinski definition) is 2. The molecule has 2 aromatic rings. The average Bonchev–Trinajstić information content (AvgIpc) is 2.42. The molecule has 0 aliphatic heterocycles. The lowest BCUT2D eigenvalue weighted by molar-refractivity contribution is -0.114. The molecule has 0 aromatic heterocycles. The zero-order chi connectivity index (χ0) is 14.5. The SMILES string of the molecule is O=C(CNc1ccc(Br)cc1)Nc1ccc(F)c(Cl)c1. The van der Waals surface area contributed by atoms with Crippen LogP contribution in [0.25, 0.3) is 0 Å². The van der Waals surface area contributed by atoms with Crippen molar-refractivity contribution in [1.29, 1.82) is 0 Å². The maximum absolute atomic E-state index is 13.0. The largest absolute Gasteiger partial charge is 0.376 e. The third kappa shape index (κ3) is 4.21. The molecule has 0 aliphatic carbocycles. The second kappa shape index (κ2) is 6.72. The molecule has 0 fully saturated rings. The van der Waals surface area contributed by atoms with E-state index >= 15 is 0 Å². The minimum absolute atomic E-state index is 0.0244. The van der Waals surface area contributed by atoms with Gasteiger partial charge in [-0.15, -0.1) is 0 Å². The molecule has 2 rings (SSSR count). The molecule has 0 radical (unpaired) electrons. The van der Waals surface area contributed by atoms with Gasteiger partial charge < -0.3 is 10.6 Å². The number of carbonyl (C=O) groups is 1. The summed E-state index contributed by atoms with van der Waals surface area (Å²) in [4.78, 5) is 11.7. The molecule has 2 aromatic carbocycles. The Balaban J connectivity index is 1.89. The van der Waals surface area contributed by atoms with Crippen molar-refractivity contribution in [3.05, 3.63) is 57.8 Å². The topological polar surface area (TPSA) is 41.1 Å². The fraction of sp³-hybridized carbons (Fsp3) is 0.0714. The highest BCUT2D eigenvalue weighted by Gasteiger charge is 2.05. The normalized spacial score (nSPS) is 10.2. The predicted molar refractivity (Wildman–Crippen MR) is 82.7 cm³/mol. The smallest absolute Gasteiger partial charge is 0.243 e. The van der Waals surface area contributed by atoms with Crippen molar-refractivity contribution in [2.24, 2.45) is 0 Å². The van der Waals surface area contributed by atoms with Gasteiger partial charge in [0.2, 0.25) is 5.91 Å². The number of benzene rings is 2. The zero-order valence-corrected chi connectivity index (χ0v) is 12.6. The number of hydrogen-bond acceptors (Lipinski definition) is 2.